The zero-order valence-electron chi connectivity index (χ0n) is 29.5. The van der Waals surface area contributed by atoms with Crippen molar-refractivity contribution in [3.05, 3.63) is 53.1 Å². The second kappa shape index (κ2) is 16.1. The van der Waals surface area contributed by atoms with E-state index in [-0.39, 0.29) is 41.0 Å². The van der Waals surface area contributed by atoms with Crippen LogP contribution in [0.1, 0.15) is 107 Å². The Hall–Kier alpha value is -3.82. The molecule has 0 spiro atoms. The number of nitrogens with one attached hydrogen (secondary N) is 2. The molecule has 4 rings (SSSR count). The van der Waals surface area contributed by atoms with E-state index in [0.29, 0.717) is 25.4 Å². The van der Waals surface area contributed by atoms with E-state index in [1.807, 2.05) is 17.0 Å². The number of nitrogens with zero attached hydrogens (tertiary/aromatic N) is 4. The second-order valence-electron chi connectivity index (χ2n) is 14.3. The van der Waals surface area contributed by atoms with Gasteiger partial charge in [-0.25, -0.2) is 9.78 Å². The van der Waals surface area contributed by atoms with Gasteiger partial charge in [-0.15, -0.1) is 0 Å². The summed E-state index contributed by atoms with van der Waals surface area (Å²) >= 11 is 0. The summed E-state index contributed by atoms with van der Waals surface area (Å²) in [5.74, 6) is 0.758. The number of rotatable bonds is 11. The van der Waals surface area contributed by atoms with Crippen LogP contribution in [0.15, 0.2) is 30.5 Å². The van der Waals surface area contributed by atoms with Crippen molar-refractivity contribution in [1.82, 2.24) is 19.8 Å². The maximum atomic E-state index is 13.6. The molecule has 0 radical (unpaired) electrons. The van der Waals surface area contributed by atoms with Gasteiger partial charge >= 0.3 is 6.09 Å². The monoisotopic (exact) mass is 679 g/mol. The second-order valence-corrected chi connectivity index (χ2v) is 16.7. The fourth-order valence-electron chi connectivity index (χ4n) is 6.01. The van der Waals surface area contributed by atoms with Crippen LogP contribution in [0.4, 0.5) is 10.5 Å². The average Bonchev–Trinajstić information content (AvgIpc) is 3.45. The molecule has 48 heavy (non-hydrogen) atoms. The number of carbonyl (C=O) groups is 3. The lowest BCUT2D eigenvalue weighted by Crippen LogP contribution is -2.57. The molecule has 12 heteroatoms. The van der Waals surface area contributed by atoms with Crippen LogP contribution in [0.3, 0.4) is 0 Å². The first kappa shape index (κ1) is 37.0. The largest absolute Gasteiger partial charge is 0.444 e. The van der Waals surface area contributed by atoms with Crippen LogP contribution in [-0.2, 0) is 31.9 Å². The highest BCUT2D eigenvalue weighted by Crippen LogP contribution is 2.37. The SMILES string of the molecule is C[S+](C)CCOCn1cc(C#N)nc1C(=O)Nc1ccc(C2CCN(C(=O)C(C)(C)NC(=O)OC(C)(C)C)CC2)cc1C1=CCCCC1. The molecule has 11 nitrogen and oxygen atoms in total. The number of amides is 3. The predicted molar refractivity (Wildman–Crippen MR) is 190 cm³/mol. The number of benzene rings is 1. The Morgan fingerprint density at radius 3 is 2.46 bits per heavy atom. The summed E-state index contributed by atoms with van der Waals surface area (Å²) in [7, 11) is 0.245. The van der Waals surface area contributed by atoms with E-state index in [1.54, 1.807) is 45.4 Å². The van der Waals surface area contributed by atoms with Gasteiger partial charge in [0, 0.05) is 30.5 Å². The Morgan fingerprint density at radius 1 is 1.10 bits per heavy atom. The van der Waals surface area contributed by atoms with Gasteiger partial charge in [-0.2, -0.15) is 5.26 Å². The van der Waals surface area contributed by atoms with E-state index in [2.05, 4.69) is 46.3 Å². The Kier molecular flexibility index (Phi) is 12.4. The van der Waals surface area contributed by atoms with Crippen molar-refractivity contribution in [1.29, 1.82) is 5.26 Å². The molecule has 1 aromatic carbocycles. The minimum atomic E-state index is -1.10. The summed E-state index contributed by atoms with van der Waals surface area (Å²) in [5.41, 5.74) is 2.48. The molecule has 3 amide bonds. The normalized spacial score (nSPS) is 15.9. The molecule has 260 valence electrons. The highest BCUT2D eigenvalue weighted by Gasteiger charge is 2.37. The number of anilines is 1. The van der Waals surface area contributed by atoms with Gasteiger partial charge in [-0.3, -0.25) is 9.59 Å². The number of aromatic nitrogens is 2. The topological polar surface area (TPSA) is 139 Å². The third-order valence-electron chi connectivity index (χ3n) is 8.49. The first-order chi connectivity index (χ1) is 22.7. The lowest BCUT2D eigenvalue weighted by Gasteiger charge is -2.37. The van der Waals surface area contributed by atoms with Crippen LogP contribution in [-0.4, -0.2) is 81.5 Å². The van der Waals surface area contributed by atoms with Crippen LogP contribution < -0.4 is 10.6 Å². The zero-order valence-corrected chi connectivity index (χ0v) is 30.3. The lowest BCUT2D eigenvalue weighted by molar-refractivity contribution is -0.138. The number of nitriles is 1. The summed E-state index contributed by atoms with van der Waals surface area (Å²) in [5, 5.41) is 15.3. The Bertz CT molecular complexity index is 1540. The summed E-state index contributed by atoms with van der Waals surface area (Å²) in [6.07, 6.45) is 13.2. The molecule has 0 atom stereocenters. The number of imidazole rings is 1. The van der Waals surface area contributed by atoms with E-state index in [4.69, 9.17) is 9.47 Å². The van der Waals surface area contributed by atoms with Crippen molar-refractivity contribution >= 4 is 40.1 Å². The molecule has 2 aliphatic rings. The van der Waals surface area contributed by atoms with E-state index in [1.165, 1.54) is 11.1 Å². The molecule has 2 N–H and O–H groups in total. The Morgan fingerprint density at radius 2 is 1.83 bits per heavy atom. The first-order valence-corrected chi connectivity index (χ1v) is 18.9. The standard InChI is InChI=1S/C36H50N6O5S/c1-35(2,3)47-34(45)40-36(4,5)33(44)41-17-15-25(16-18-41)27-13-14-30(29(21-27)26-11-9-8-10-12-26)39-32(43)31-38-28(22-37)23-42(31)24-46-19-20-48(6)7/h11,13-14,21,23,25H,8-10,12,15-20,24H2,1-7H3,(H-,39,40,43,45)/p+1. The molecule has 1 aliphatic carbocycles. The van der Waals surface area contributed by atoms with Gasteiger partial charge in [-0.05, 0) is 113 Å². The molecule has 1 aromatic heterocycles. The number of carbonyl (C=O) groups excluding carboxylic acids is 3. The number of ether oxygens (including phenoxy) is 2. The number of likely N-dealkylation sites (tertiary alicyclic amines) is 1. The van der Waals surface area contributed by atoms with Crippen LogP contribution in [0.2, 0.25) is 0 Å². The molecule has 0 unspecified atom stereocenters. The smallest absolute Gasteiger partial charge is 0.408 e. The van der Waals surface area contributed by atoms with Gasteiger partial charge in [0.2, 0.25) is 11.7 Å². The zero-order chi connectivity index (χ0) is 35.1. The molecule has 1 aliphatic heterocycles. The molecule has 1 fully saturated rings. The van der Waals surface area contributed by atoms with E-state index >= 15 is 0 Å². The number of hydrogen-bond donors (Lipinski definition) is 2. The Balaban J connectivity index is 1.48. The third-order valence-corrected chi connectivity index (χ3v) is 9.47. The molecule has 0 saturated carbocycles. The minimum Gasteiger partial charge on any atom is -0.444 e. The number of alkyl carbamates (subject to hydrolysis) is 1. The highest BCUT2D eigenvalue weighted by atomic mass is 32.2. The van der Waals surface area contributed by atoms with E-state index < -0.39 is 23.1 Å². The van der Waals surface area contributed by atoms with Crippen molar-refractivity contribution < 1.29 is 23.9 Å². The summed E-state index contributed by atoms with van der Waals surface area (Å²) in [4.78, 5) is 45.5. The van der Waals surface area contributed by atoms with Gasteiger partial charge < -0.3 is 29.6 Å². The highest BCUT2D eigenvalue weighted by molar-refractivity contribution is 7.95. The van der Waals surface area contributed by atoms with Gasteiger partial charge in [0.15, 0.2) is 5.69 Å². The molecule has 1 saturated heterocycles. The van der Waals surface area contributed by atoms with Gasteiger partial charge in [0.1, 0.15) is 29.7 Å². The van der Waals surface area contributed by atoms with Crippen molar-refractivity contribution in [2.75, 3.05) is 43.3 Å². The molecular formula is C36H51N6O5S+. The van der Waals surface area contributed by atoms with Crippen LogP contribution in [0.5, 0.6) is 0 Å². The van der Waals surface area contributed by atoms with Crippen LogP contribution in [0, 0.1) is 11.3 Å². The van der Waals surface area contributed by atoms with Gasteiger partial charge in [0.05, 0.1) is 19.1 Å². The maximum Gasteiger partial charge on any atom is 0.408 e. The fraction of sp³-hybridized carbons (Fsp3) is 0.583. The number of allylic oxidation sites excluding steroid dienone is 2. The minimum absolute atomic E-state index is 0.132. The molecule has 0 bridgehead atoms. The van der Waals surface area contributed by atoms with Crippen LogP contribution in [0.25, 0.3) is 5.57 Å². The Labute approximate surface area is 287 Å². The van der Waals surface area contributed by atoms with Crippen LogP contribution >= 0.6 is 0 Å². The number of piperidine rings is 1. The fourth-order valence-corrected chi connectivity index (χ4v) is 6.46. The molecule has 2 heterocycles. The van der Waals surface area contributed by atoms with Crippen molar-refractivity contribution in [2.45, 2.75) is 96.9 Å². The average molecular weight is 680 g/mol. The summed E-state index contributed by atoms with van der Waals surface area (Å²) < 4.78 is 12.7. The van der Waals surface area contributed by atoms with Crippen molar-refractivity contribution in [3.8, 4) is 6.07 Å². The quantitative estimate of drug-likeness (QED) is 0.225. The molecular weight excluding hydrogens is 629 g/mol. The van der Waals surface area contributed by atoms with Gasteiger partial charge in [-0.1, -0.05) is 12.1 Å². The van der Waals surface area contributed by atoms with E-state index in [9.17, 15) is 19.6 Å². The van der Waals surface area contributed by atoms with E-state index in [0.717, 1.165) is 49.8 Å². The lowest BCUT2D eigenvalue weighted by atomic mass is 9.85. The summed E-state index contributed by atoms with van der Waals surface area (Å²) in [6, 6.07) is 8.24. The summed E-state index contributed by atoms with van der Waals surface area (Å²) in [6.45, 7) is 10.6. The first-order valence-electron chi connectivity index (χ1n) is 16.7. The molecule has 2 aromatic rings. The predicted octanol–water partition coefficient (Wildman–Crippen LogP) is 5.83. The third kappa shape index (κ3) is 10.1. The van der Waals surface area contributed by atoms with Gasteiger partial charge in [0.25, 0.3) is 5.91 Å². The number of hydrogen-bond acceptors (Lipinski definition) is 7. The van der Waals surface area contributed by atoms with Crippen molar-refractivity contribution in [2.24, 2.45) is 0 Å². The maximum absolute atomic E-state index is 13.6. The van der Waals surface area contributed by atoms with Crippen molar-refractivity contribution in [3.63, 3.8) is 0 Å².